The minimum Gasteiger partial charge on any atom is -0.493 e. The Hall–Kier alpha value is -7.49. The molecule has 2 N–H and O–H groups in total. The van der Waals surface area contributed by atoms with E-state index < -0.39 is 11.9 Å². The number of aliphatic imine (C=N–C) groups is 1. The molecule has 0 spiro atoms. The summed E-state index contributed by atoms with van der Waals surface area (Å²) >= 11 is 1.34. The largest absolute Gasteiger partial charge is 0.493 e. The molecule has 432 valence electrons. The lowest BCUT2D eigenvalue weighted by Crippen LogP contribution is -2.35. The van der Waals surface area contributed by atoms with Crippen molar-refractivity contribution in [2.75, 3.05) is 70.8 Å². The molecule has 2 aromatic heterocycles. The maximum Gasteiger partial charge on any atom is 0.309 e. The maximum atomic E-state index is 13.4. The lowest BCUT2D eigenvalue weighted by atomic mass is 10.0. The molecule has 5 amide bonds. The van der Waals surface area contributed by atoms with E-state index >= 15 is 0 Å². The van der Waals surface area contributed by atoms with Gasteiger partial charge in [-0.2, -0.15) is 11.8 Å². The smallest absolute Gasteiger partial charge is 0.309 e. The van der Waals surface area contributed by atoms with Crippen molar-refractivity contribution >= 4 is 82.2 Å². The minimum atomic E-state index is -0.642. The van der Waals surface area contributed by atoms with E-state index in [2.05, 4.69) is 22.2 Å². The number of carbonyl (C=O) groups is 9. The Kier molecular flexibility index (Phi) is 22.1. The number of Topliss-reactive ketones (excluding diaryl/α,β-unsaturated/α-hetero) is 3. The normalized spacial score (nSPS) is 16.1. The van der Waals surface area contributed by atoms with Gasteiger partial charge in [-0.1, -0.05) is 43.3 Å². The van der Waals surface area contributed by atoms with Crippen LogP contribution in [0.1, 0.15) is 114 Å². The number of imide groups is 1. The fourth-order valence-corrected chi connectivity index (χ4v) is 10.4. The number of ether oxygens (including phenoxy) is 4. The van der Waals surface area contributed by atoms with E-state index in [1.54, 1.807) is 78.0 Å². The number of anilines is 1. The predicted molar refractivity (Wildman–Crippen MR) is 306 cm³/mol. The number of hydrogen-bond acceptors (Lipinski definition) is 15. The molecule has 3 aliphatic heterocycles. The van der Waals surface area contributed by atoms with Crippen LogP contribution in [0.3, 0.4) is 0 Å². The molecule has 3 atom stereocenters. The van der Waals surface area contributed by atoms with E-state index in [1.807, 2.05) is 37.4 Å². The highest BCUT2D eigenvalue weighted by atomic mass is 32.2. The van der Waals surface area contributed by atoms with Crippen molar-refractivity contribution in [2.24, 2.45) is 25.0 Å². The Morgan fingerprint density at radius 2 is 1.54 bits per heavy atom. The molecule has 21 heteroatoms. The zero-order valence-corrected chi connectivity index (χ0v) is 47.7. The van der Waals surface area contributed by atoms with E-state index in [9.17, 15) is 43.2 Å². The van der Waals surface area contributed by atoms with Crippen molar-refractivity contribution < 1.29 is 62.1 Å². The molecule has 7 rings (SSSR count). The van der Waals surface area contributed by atoms with Crippen LogP contribution >= 0.6 is 11.8 Å². The van der Waals surface area contributed by atoms with Gasteiger partial charge in [0, 0.05) is 116 Å². The molecular formula is C60H73N7O13S. The number of amides is 5. The number of rotatable bonds is 32. The summed E-state index contributed by atoms with van der Waals surface area (Å²) in [5, 5.41) is 5.39. The van der Waals surface area contributed by atoms with Crippen molar-refractivity contribution in [1.29, 1.82) is 0 Å². The second-order valence-electron chi connectivity index (χ2n) is 20.7. The summed E-state index contributed by atoms with van der Waals surface area (Å²) in [4.78, 5) is 122. The number of esters is 1. The van der Waals surface area contributed by atoms with E-state index in [0.29, 0.717) is 72.9 Å². The van der Waals surface area contributed by atoms with Gasteiger partial charge in [0.1, 0.15) is 23.0 Å². The Labute approximate surface area is 476 Å². The van der Waals surface area contributed by atoms with Crippen molar-refractivity contribution in [3.8, 4) is 16.9 Å². The molecule has 2 fully saturated rings. The number of likely N-dealkylation sites (tertiary alicyclic amines) is 1. The second-order valence-corrected chi connectivity index (χ2v) is 21.8. The van der Waals surface area contributed by atoms with Crippen LogP contribution in [0.2, 0.25) is 0 Å². The van der Waals surface area contributed by atoms with Crippen molar-refractivity contribution in [3.05, 3.63) is 101 Å². The highest BCUT2D eigenvalue weighted by molar-refractivity contribution is 8.00. The molecule has 0 aliphatic carbocycles. The first-order valence-corrected chi connectivity index (χ1v) is 28.7. The first-order valence-electron chi connectivity index (χ1n) is 27.4. The molecule has 4 aromatic rings. The Bertz CT molecular complexity index is 3030. The predicted octanol–water partition coefficient (Wildman–Crippen LogP) is 6.96. The van der Waals surface area contributed by atoms with Crippen LogP contribution < -0.4 is 15.4 Å². The number of benzene rings is 2. The van der Waals surface area contributed by atoms with Gasteiger partial charge >= 0.3 is 5.97 Å². The molecule has 0 bridgehead atoms. The highest BCUT2D eigenvalue weighted by Crippen LogP contribution is 2.35. The van der Waals surface area contributed by atoms with Crippen LogP contribution in [0.15, 0.2) is 78.1 Å². The summed E-state index contributed by atoms with van der Waals surface area (Å²) in [6, 6.07) is 14.5. The molecule has 81 heavy (non-hydrogen) atoms. The quantitative estimate of drug-likeness (QED) is 0.0165. The average molecular weight is 1130 g/mol. The lowest BCUT2D eigenvalue weighted by Gasteiger charge is -2.20. The Morgan fingerprint density at radius 1 is 0.802 bits per heavy atom. The van der Waals surface area contributed by atoms with Crippen LogP contribution in [0.4, 0.5) is 11.4 Å². The van der Waals surface area contributed by atoms with Gasteiger partial charge in [0.05, 0.1) is 72.9 Å². The SMILES string of the molecule is C=C1C[C@@H]2C=Nc3cc(OCCCC(=O)Nc4cc(C(=O)Cc5ccc(-c6cc(C(=O)NCCCOC(=O)[C@H](C)CC(=O)CCOCCOCCCC(=O)CCN7C(=O)CC(SC)C7=O)n(C)c6)cc5)n(C)c4)c(C)cc3C(=O)N2C1. The van der Waals surface area contributed by atoms with Gasteiger partial charge in [-0.15, -0.1) is 0 Å². The third-order valence-electron chi connectivity index (χ3n) is 14.3. The number of nitrogens with zero attached hydrogens (tertiary/aromatic N) is 5. The van der Waals surface area contributed by atoms with Crippen LogP contribution in [0.5, 0.6) is 5.75 Å². The third-order valence-corrected chi connectivity index (χ3v) is 15.2. The molecular weight excluding hydrogens is 1060 g/mol. The topological polar surface area (TPSA) is 243 Å². The van der Waals surface area contributed by atoms with E-state index in [1.165, 1.54) is 16.7 Å². The first kappa shape index (κ1) is 61.1. The van der Waals surface area contributed by atoms with Crippen LogP contribution in [0, 0.1) is 12.8 Å². The monoisotopic (exact) mass is 1130 g/mol. The molecule has 5 heterocycles. The van der Waals surface area contributed by atoms with Gasteiger partial charge in [-0.25, -0.2) is 0 Å². The second kappa shape index (κ2) is 29.3. The number of aryl methyl sites for hydroxylation is 3. The molecule has 1 unspecified atom stereocenters. The molecule has 0 radical (unpaired) electrons. The number of carbonyl (C=O) groups excluding carboxylic acids is 9. The van der Waals surface area contributed by atoms with Gasteiger partial charge in [0.25, 0.3) is 11.8 Å². The number of nitrogens with one attached hydrogen (secondary N) is 2. The van der Waals surface area contributed by atoms with Crippen LogP contribution in [0.25, 0.3) is 11.1 Å². The number of hydrogen-bond donors (Lipinski definition) is 2. The first-order chi connectivity index (χ1) is 38.9. The minimum absolute atomic E-state index is 0.00842. The molecule has 0 saturated carbocycles. The van der Waals surface area contributed by atoms with E-state index in [0.717, 1.165) is 27.8 Å². The fraction of sp³-hybridized carbons (Fsp3) is 0.467. The van der Waals surface area contributed by atoms with Gasteiger partial charge in [-0.3, -0.25) is 53.0 Å². The van der Waals surface area contributed by atoms with Crippen LogP contribution in [-0.2, 0) is 63.5 Å². The summed E-state index contributed by atoms with van der Waals surface area (Å²) in [5.74, 6) is -1.89. The number of aromatic nitrogens is 2. The lowest BCUT2D eigenvalue weighted by molar-refractivity contribution is -0.149. The standard InChI is InChI=1S/C60H73N7O13S/c1-38-26-45-34-62-49-32-53(39(2)28-48(49)58(74)67(45)35-38)79-21-8-11-55(71)63-44-31-50(65(5)37-44)52(70)29-41-12-14-42(15-13-41)43-30-51(64(4)36-43)57(73)61-18-9-22-80-60(76)40(3)27-47(69)17-23-78-25-24-77-20-7-10-46(68)16-19-66-56(72)33-54(81-6)59(66)75/h12-15,28,30-32,34,36-37,40,45,54H,1,7-11,16-27,29,33,35H2,2-6H3,(H,61,73)(H,63,71)/t40-,45-,54?/m1/s1. The van der Waals surface area contributed by atoms with Crippen molar-refractivity contribution in [1.82, 2.24) is 24.3 Å². The zero-order chi connectivity index (χ0) is 58.2. The van der Waals surface area contributed by atoms with Gasteiger partial charge in [-0.05, 0) is 73.8 Å². The van der Waals surface area contributed by atoms with Crippen LogP contribution in [-0.4, -0.2) is 155 Å². The summed E-state index contributed by atoms with van der Waals surface area (Å²) < 4.78 is 25.8. The number of thioether (sulfide) groups is 1. The summed E-state index contributed by atoms with van der Waals surface area (Å²) in [6.45, 7) is 9.86. The van der Waals surface area contributed by atoms with Gasteiger partial charge < -0.3 is 43.6 Å². The summed E-state index contributed by atoms with van der Waals surface area (Å²) in [5.41, 5.74) is 6.75. The molecule has 2 aromatic carbocycles. The fourth-order valence-electron chi connectivity index (χ4n) is 9.72. The number of fused-ring (bicyclic) bond motifs is 2. The van der Waals surface area contributed by atoms with Gasteiger partial charge in [0.2, 0.25) is 17.7 Å². The molecule has 20 nitrogen and oxygen atoms in total. The van der Waals surface area contributed by atoms with E-state index in [-0.39, 0.29) is 149 Å². The highest BCUT2D eigenvalue weighted by Gasteiger charge is 2.38. The molecule has 2 saturated heterocycles. The van der Waals surface area contributed by atoms with E-state index in [4.69, 9.17) is 18.9 Å². The van der Waals surface area contributed by atoms with Crippen molar-refractivity contribution in [3.63, 3.8) is 0 Å². The maximum absolute atomic E-state index is 13.4. The molecule has 3 aliphatic rings. The summed E-state index contributed by atoms with van der Waals surface area (Å²) in [7, 11) is 3.52. The Morgan fingerprint density at radius 3 is 2.30 bits per heavy atom. The average Bonchev–Trinajstić information content (AvgIpc) is 4.31. The van der Waals surface area contributed by atoms with Crippen molar-refractivity contribution in [2.45, 2.75) is 95.8 Å². The van der Waals surface area contributed by atoms with Gasteiger partial charge in [0.15, 0.2) is 5.78 Å². The zero-order valence-electron chi connectivity index (χ0n) is 46.9. The third kappa shape index (κ3) is 17.0. The Balaban J connectivity index is 0.724. The summed E-state index contributed by atoms with van der Waals surface area (Å²) in [6.07, 6.45) is 10.2. The number of ketones is 3.